The van der Waals surface area contributed by atoms with Crippen molar-refractivity contribution in [3.05, 3.63) is 0 Å². The molecule has 90 valence electrons. The van der Waals surface area contributed by atoms with E-state index >= 15 is 0 Å². The van der Waals surface area contributed by atoms with E-state index in [1.165, 1.54) is 44.9 Å². The summed E-state index contributed by atoms with van der Waals surface area (Å²) in [6.45, 7) is 6.31. The maximum Gasteiger partial charge on any atom is 0.129 e. The molecule has 0 radical (unpaired) electrons. The predicted molar refractivity (Wildman–Crippen MR) is 67.1 cm³/mol. The molecule has 0 aromatic rings. The van der Waals surface area contributed by atoms with E-state index < -0.39 is 0 Å². The number of hydrogen-bond acceptors (Lipinski definition) is 1. The SMILES string of the molecule is CCCCC(C)CCCCCCC(C)=O. The number of carbonyl (C=O) groups is 1. The summed E-state index contributed by atoms with van der Waals surface area (Å²) in [5, 5.41) is 0. The molecule has 0 amide bonds. The summed E-state index contributed by atoms with van der Waals surface area (Å²) in [6, 6.07) is 0. The summed E-state index contributed by atoms with van der Waals surface area (Å²) < 4.78 is 0. The minimum absolute atomic E-state index is 0.339. The van der Waals surface area contributed by atoms with Crippen LogP contribution < -0.4 is 0 Å². The fourth-order valence-corrected chi connectivity index (χ4v) is 1.92. The highest BCUT2D eigenvalue weighted by molar-refractivity contribution is 5.75. The first-order valence-corrected chi connectivity index (χ1v) is 6.66. The Labute approximate surface area is 95.6 Å². The first kappa shape index (κ1) is 14.7. The Morgan fingerprint density at radius 3 is 2.20 bits per heavy atom. The van der Waals surface area contributed by atoms with Gasteiger partial charge in [-0.2, -0.15) is 0 Å². The molecular weight excluding hydrogens is 184 g/mol. The highest BCUT2D eigenvalue weighted by atomic mass is 16.1. The second kappa shape index (κ2) is 10.2. The van der Waals surface area contributed by atoms with Gasteiger partial charge in [0, 0.05) is 6.42 Å². The van der Waals surface area contributed by atoms with Crippen LogP contribution in [0.2, 0.25) is 0 Å². The van der Waals surface area contributed by atoms with Crippen LogP contribution in [0.25, 0.3) is 0 Å². The van der Waals surface area contributed by atoms with Gasteiger partial charge >= 0.3 is 0 Å². The monoisotopic (exact) mass is 212 g/mol. The number of unbranched alkanes of at least 4 members (excludes halogenated alkanes) is 4. The third kappa shape index (κ3) is 11.6. The van der Waals surface area contributed by atoms with E-state index in [0.717, 1.165) is 18.8 Å². The summed E-state index contributed by atoms with van der Waals surface area (Å²) >= 11 is 0. The molecule has 0 rings (SSSR count). The standard InChI is InChI=1S/C14H28O/c1-4-5-10-13(2)11-8-6-7-9-12-14(3)15/h13H,4-12H2,1-3H3. The van der Waals surface area contributed by atoms with Gasteiger partial charge in [0.2, 0.25) is 0 Å². The Balaban J connectivity index is 3.12. The zero-order chi connectivity index (χ0) is 11.5. The van der Waals surface area contributed by atoms with Crippen LogP contribution in [0.3, 0.4) is 0 Å². The van der Waals surface area contributed by atoms with Crippen molar-refractivity contribution in [3.63, 3.8) is 0 Å². The minimum Gasteiger partial charge on any atom is -0.300 e. The molecule has 15 heavy (non-hydrogen) atoms. The van der Waals surface area contributed by atoms with Gasteiger partial charge in [0.15, 0.2) is 0 Å². The third-order valence-electron chi connectivity index (χ3n) is 3.03. The van der Waals surface area contributed by atoms with E-state index in [-0.39, 0.29) is 0 Å². The zero-order valence-electron chi connectivity index (χ0n) is 10.8. The Bertz CT molecular complexity index is 151. The van der Waals surface area contributed by atoms with Crippen LogP contribution in [0.4, 0.5) is 0 Å². The normalized spacial score (nSPS) is 12.7. The topological polar surface area (TPSA) is 17.1 Å². The van der Waals surface area contributed by atoms with Gasteiger partial charge in [-0.05, 0) is 19.3 Å². The summed E-state index contributed by atoms with van der Waals surface area (Å²) in [5.41, 5.74) is 0. The Kier molecular flexibility index (Phi) is 9.97. The molecule has 0 aliphatic rings. The lowest BCUT2D eigenvalue weighted by molar-refractivity contribution is -0.117. The third-order valence-corrected chi connectivity index (χ3v) is 3.03. The molecular formula is C14H28O. The Morgan fingerprint density at radius 2 is 1.60 bits per heavy atom. The van der Waals surface area contributed by atoms with Crippen molar-refractivity contribution in [2.75, 3.05) is 0 Å². The van der Waals surface area contributed by atoms with E-state index in [0.29, 0.717) is 5.78 Å². The molecule has 0 saturated heterocycles. The number of hydrogen-bond donors (Lipinski definition) is 0. The van der Waals surface area contributed by atoms with E-state index in [2.05, 4.69) is 13.8 Å². The fraction of sp³-hybridized carbons (Fsp3) is 0.929. The lowest BCUT2D eigenvalue weighted by atomic mass is 9.97. The Morgan fingerprint density at radius 1 is 1.00 bits per heavy atom. The molecule has 0 aliphatic heterocycles. The molecule has 0 heterocycles. The largest absolute Gasteiger partial charge is 0.300 e. The molecule has 0 spiro atoms. The van der Waals surface area contributed by atoms with Crippen LogP contribution in [-0.4, -0.2) is 5.78 Å². The summed E-state index contributed by atoms with van der Waals surface area (Å²) in [6.07, 6.45) is 11.2. The molecule has 0 aromatic carbocycles. The molecule has 0 aliphatic carbocycles. The van der Waals surface area contributed by atoms with Crippen molar-refractivity contribution in [2.45, 2.75) is 78.6 Å². The molecule has 0 fully saturated rings. The first-order chi connectivity index (χ1) is 7.16. The van der Waals surface area contributed by atoms with Crippen molar-refractivity contribution < 1.29 is 4.79 Å². The highest BCUT2D eigenvalue weighted by Gasteiger charge is 2.01. The van der Waals surface area contributed by atoms with Gasteiger partial charge in [-0.25, -0.2) is 0 Å². The van der Waals surface area contributed by atoms with Crippen molar-refractivity contribution in [1.29, 1.82) is 0 Å². The van der Waals surface area contributed by atoms with Crippen molar-refractivity contribution in [2.24, 2.45) is 5.92 Å². The number of ketones is 1. The molecule has 0 bridgehead atoms. The van der Waals surface area contributed by atoms with Gasteiger partial charge in [0.25, 0.3) is 0 Å². The molecule has 1 nitrogen and oxygen atoms in total. The predicted octanol–water partition coefficient (Wildman–Crippen LogP) is 4.74. The number of Topliss-reactive ketones (excluding diaryl/α,β-unsaturated/α-hetero) is 1. The van der Waals surface area contributed by atoms with Gasteiger partial charge < -0.3 is 4.79 Å². The van der Waals surface area contributed by atoms with Crippen molar-refractivity contribution in [1.82, 2.24) is 0 Å². The van der Waals surface area contributed by atoms with Gasteiger partial charge in [-0.15, -0.1) is 0 Å². The molecule has 0 aromatic heterocycles. The first-order valence-electron chi connectivity index (χ1n) is 6.66. The zero-order valence-corrected chi connectivity index (χ0v) is 10.8. The lowest BCUT2D eigenvalue weighted by Gasteiger charge is -2.09. The molecule has 0 saturated carbocycles. The van der Waals surface area contributed by atoms with Gasteiger partial charge in [0.1, 0.15) is 5.78 Å². The van der Waals surface area contributed by atoms with Crippen LogP contribution in [0.5, 0.6) is 0 Å². The average molecular weight is 212 g/mol. The smallest absolute Gasteiger partial charge is 0.129 e. The Hall–Kier alpha value is -0.330. The highest BCUT2D eigenvalue weighted by Crippen LogP contribution is 2.16. The van der Waals surface area contributed by atoms with Crippen molar-refractivity contribution in [3.8, 4) is 0 Å². The van der Waals surface area contributed by atoms with E-state index in [4.69, 9.17) is 0 Å². The van der Waals surface area contributed by atoms with E-state index in [1.54, 1.807) is 6.92 Å². The second-order valence-corrected chi connectivity index (χ2v) is 4.90. The van der Waals surface area contributed by atoms with Gasteiger partial charge in [0.05, 0.1) is 0 Å². The van der Waals surface area contributed by atoms with Gasteiger partial charge in [-0.1, -0.05) is 58.8 Å². The maximum atomic E-state index is 10.7. The van der Waals surface area contributed by atoms with Crippen LogP contribution in [-0.2, 0) is 4.79 Å². The quantitative estimate of drug-likeness (QED) is 0.478. The summed E-state index contributed by atoms with van der Waals surface area (Å²) in [4.78, 5) is 10.7. The van der Waals surface area contributed by atoms with Crippen LogP contribution in [0.15, 0.2) is 0 Å². The molecule has 0 N–H and O–H groups in total. The van der Waals surface area contributed by atoms with E-state index in [9.17, 15) is 4.79 Å². The number of carbonyl (C=O) groups excluding carboxylic acids is 1. The molecule has 1 heteroatoms. The van der Waals surface area contributed by atoms with Crippen LogP contribution in [0, 0.1) is 5.92 Å². The summed E-state index contributed by atoms with van der Waals surface area (Å²) in [5.74, 6) is 1.24. The van der Waals surface area contributed by atoms with E-state index in [1.807, 2.05) is 0 Å². The molecule has 1 atom stereocenters. The van der Waals surface area contributed by atoms with Crippen molar-refractivity contribution >= 4 is 5.78 Å². The second-order valence-electron chi connectivity index (χ2n) is 4.90. The van der Waals surface area contributed by atoms with Crippen LogP contribution in [0.1, 0.15) is 78.6 Å². The van der Waals surface area contributed by atoms with Crippen LogP contribution >= 0.6 is 0 Å². The average Bonchev–Trinajstić information content (AvgIpc) is 2.19. The summed E-state index contributed by atoms with van der Waals surface area (Å²) in [7, 11) is 0. The fourth-order valence-electron chi connectivity index (χ4n) is 1.92. The minimum atomic E-state index is 0.339. The number of rotatable bonds is 10. The lowest BCUT2D eigenvalue weighted by Crippen LogP contribution is -1.95. The van der Waals surface area contributed by atoms with Gasteiger partial charge in [-0.3, -0.25) is 0 Å². The maximum absolute atomic E-state index is 10.7. The molecule has 1 unspecified atom stereocenters.